The van der Waals surface area contributed by atoms with E-state index in [1.807, 2.05) is 42.5 Å². The first-order chi connectivity index (χ1) is 13.4. The molecule has 3 rings (SSSR count). The van der Waals surface area contributed by atoms with Crippen LogP contribution in [-0.4, -0.2) is 22.8 Å². The summed E-state index contributed by atoms with van der Waals surface area (Å²) in [5.74, 6) is 0.587. The summed E-state index contributed by atoms with van der Waals surface area (Å²) in [6.45, 7) is 4.25. The molecular weight excluding hydrogens is 490 g/mol. The van der Waals surface area contributed by atoms with Crippen molar-refractivity contribution in [2.24, 2.45) is 7.05 Å². The maximum absolute atomic E-state index is 12.8. The van der Waals surface area contributed by atoms with E-state index < -0.39 is 7.60 Å². The van der Waals surface area contributed by atoms with Gasteiger partial charge in [-0.15, -0.1) is 0 Å². The Labute approximate surface area is 177 Å². The van der Waals surface area contributed by atoms with Crippen molar-refractivity contribution in [3.63, 3.8) is 0 Å². The standard InChI is InChI=1S/C20H22IN2O4P/c1-4-26-28(25,27-5-2)13-14-9-11-15(12-10-14)19-22-17-8-6-7-16(21)18(17)20(24)23(19)3/h6-12H,4-5,13H2,1-3H3. The van der Waals surface area contributed by atoms with Crippen molar-refractivity contribution in [3.05, 3.63) is 62.0 Å². The topological polar surface area (TPSA) is 70.4 Å². The van der Waals surface area contributed by atoms with Crippen LogP contribution in [0.5, 0.6) is 0 Å². The van der Waals surface area contributed by atoms with Crippen LogP contribution in [0.4, 0.5) is 0 Å². The van der Waals surface area contributed by atoms with Crippen LogP contribution in [0.15, 0.2) is 47.3 Å². The number of aromatic nitrogens is 2. The van der Waals surface area contributed by atoms with E-state index in [1.165, 1.54) is 0 Å². The second-order valence-electron chi connectivity index (χ2n) is 6.24. The molecule has 0 aliphatic carbocycles. The first-order valence-corrected chi connectivity index (χ1v) is 11.8. The highest BCUT2D eigenvalue weighted by Gasteiger charge is 2.24. The number of rotatable bonds is 7. The summed E-state index contributed by atoms with van der Waals surface area (Å²) in [6, 6.07) is 13.1. The molecule has 0 aliphatic rings. The number of benzene rings is 2. The molecule has 0 N–H and O–H groups in total. The average molecular weight is 512 g/mol. The molecule has 3 aromatic rings. The molecule has 0 radical (unpaired) electrons. The molecule has 0 bridgehead atoms. The van der Waals surface area contributed by atoms with E-state index in [9.17, 15) is 9.36 Å². The van der Waals surface area contributed by atoms with Crippen LogP contribution >= 0.6 is 30.2 Å². The minimum atomic E-state index is -3.16. The van der Waals surface area contributed by atoms with E-state index in [-0.39, 0.29) is 11.7 Å². The van der Waals surface area contributed by atoms with Crippen LogP contribution in [0.2, 0.25) is 0 Å². The summed E-state index contributed by atoms with van der Waals surface area (Å²) in [5.41, 5.74) is 2.25. The molecule has 148 valence electrons. The van der Waals surface area contributed by atoms with Gasteiger partial charge in [0.25, 0.3) is 5.56 Å². The van der Waals surface area contributed by atoms with E-state index in [0.29, 0.717) is 29.9 Å². The molecule has 0 spiro atoms. The van der Waals surface area contributed by atoms with Crippen molar-refractivity contribution in [2.45, 2.75) is 20.0 Å². The molecule has 28 heavy (non-hydrogen) atoms. The zero-order valence-corrected chi connectivity index (χ0v) is 19.1. The SMILES string of the molecule is CCOP(=O)(Cc1ccc(-c2nc3cccc(I)c3c(=O)n2C)cc1)OCC. The molecule has 0 unspecified atom stereocenters. The Balaban J connectivity index is 1.97. The molecule has 0 saturated heterocycles. The van der Waals surface area contributed by atoms with Crippen LogP contribution in [0.25, 0.3) is 22.3 Å². The third kappa shape index (κ3) is 4.38. The van der Waals surface area contributed by atoms with E-state index in [1.54, 1.807) is 25.5 Å². The highest BCUT2D eigenvalue weighted by molar-refractivity contribution is 14.1. The molecule has 0 amide bonds. The maximum Gasteiger partial charge on any atom is 0.335 e. The minimum Gasteiger partial charge on any atom is -0.309 e. The van der Waals surface area contributed by atoms with Crippen molar-refractivity contribution in [2.75, 3.05) is 13.2 Å². The van der Waals surface area contributed by atoms with Gasteiger partial charge in [0.2, 0.25) is 0 Å². The van der Waals surface area contributed by atoms with Gasteiger partial charge in [-0.25, -0.2) is 4.98 Å². The number of halogens is 1. The second kappa shape index (κ2) is 8.86. The zero-order valence-electron chi connectivity index (χ0n) is 16.0. The molecule has 1 heterocycles. The summed E-state index contributed by atoms with van der Waals surface area (Å²) in [4.78, 5) is 17.5. The Hall–Kier alpha value is -1.54. The Morgan fingerprint density at radius 1 is 1.07 bits per heavy atom. The summed E-state index contributed by atoms with van der Waals surface area (Å²) in [6.07, 6.45) is 0.206. The van der Waals surface area contributed by atoms with E-state index in [0.717, 1.165) is 14.7 Å². The fourth-order valence-corrected chi connectivity index (χ4v) is 5.45. The predicted molar refractivity (Wildman–Crippen MR) is 120 cm³/mol. The summed E-state index contributed by atoms with van der Waals surface area (Å²) in [7, 11) is -1.43. The van der Waals surface area contributed by atoms with Gasteiger partial charge in [-0.3, -0.25) is 13.9 Å². The molecule has 0 aliphatic heterocycles. The monoisotopic (exact) mass is 512 g/mol. The Morgan fingerprint density at radius 2 is 1.71 bits per heavy atom. The molecule has 0 fully saturated rings. The van der Waals surface area contributed by atoms with Crippen molar-refractivity contribution < 1.29 is 13.6 Å². The van der Waals surface area contributed by atoms with Gasteiger partial charge < -0.3 is 9.05 Å². The van der Waals surface area contributed by atoms with Gasteiger partial charge in [0.15, 0.2) is 0 Å². The highest BCUT2D eigenvalue weighted by Crippen LogP contribution is 2.51. The second-order valence-corrected chi connectivity index (χ2v) is 9.45. The quantitative estimate of drug-likeness (QED) is 0.330. The van der Waals surface area contributed by atoms with E-state index >= 15 is 0 Å². The van der Waals surface area contributed by atoms with Crippen LogP contribution in [-0.2, 0) is 26.8 Å². The van der Waals surface area contributed by atoms with Crippen LogP contribution in [0.3, 0.4) is 0 Å². The van der Waals surface area contributed by atoms with Gasteiger partial charge in [-0.1, -0.05) is 30.3 Å². The first-order valence-electron chi connectivity index (χ1n) is 9.01. The van der Waals surface area contributed by atoms with E-state index in [2.05, 4.69) is 27.6 Å². The van der Waals surface area contributed by atoms with Crippen LogP contribution in [0, 0.1) is 3.57 Å². The van der Waals surface area contributed by atoms with Crippen molar-refractivity contribution >= 4 is 41.1 Å². The molecular formula is C20H22IN2O4P. The summed E-state index contributed by atoms with van der Waals surface area (Å²) in [5, 5.41) is 0.625. The van der Waals surface area contributed by atoms with Gasteiger partial charge in [0.1, 0.15) is 5.82 Å². The van der Waals surface area contributed by atoms with Crippen molar-refractivity contribution in [1.29, 1.82) is 0 Å². The lowest BCUT2D eigenvalue weighted by molar-refractivity contribution is 0.219. The fourth-order valence-electron chi connectivity index (χ4n) is 3.03. The number of nitrogens with zero attached hydrogens (tertiary/aromatic N) is 2. The largest absolute Gasteiger partial charge is 0.335 e. The molecule has 6 nitrogen and oxygen atoms in total. The molecule has 1 aromatic heterocycles. The third-order valence-corrected chi connectivity index (χ3v) is 7.25. The lowest BCUT2D eigenvalue weighted by Gasteiger charge is -2.17. The summed E-state index contributed by atoms with van der Waals surface area (Å²) < 4.78 is 25.9. The third-order valence-electron chi connectivity index (χ3n) is 4.29. The van der Waals surface area contributed by atoms with Gasteiger partial charge in [-0.05, 0) is 54.1 Å². The number of hydrogen-bond donors (Lipinski definition) is 0. The number of hydrogen-bond acceptors (Lipinski definition) is 5. The Bertz CT molecular complexity index is 1090. The Morgan fingerprint density at radius 3 is 2.32 bits per heavy atom. The highest BCUT2D eigenvalue weighted by atomic mass is 127. The Kier molecular flexibility index (Phi) is 6.70. The van der Waals surface area contributed by atoms with Crippen molar-refractivity contribution in [1.82, 2.24) is 9.55 Å². The van der Waals surface area contributed by atoms with Gasteiger partial charge in [0.05, 0.1) is 30.3 Å². The van der Waals surface area contributed by atoms with Gasteiger partial charge >= 0.3 is 7.60 Å². The lowest BCUT2D eigenvalue weighted by atomic mass is 10.1. The zero-order chi connectivity index (χ0) is 20.3. The average Bonchev–Trinajstić information content (AvgIpc) is 2.65. The molecule has 0 saturated carbocycles. The maximum atomic E-state index is 12.8. The molecule has 8 heteroatoms. The fraction of sp³-hybridized carbons (Fsp3) is 0.300. The van der Waals surface area contributed by atoms with Gasteiger partial charge in [0, 0.05) is 16.2 Å². The molecule has 0 atom stereocenters. The summed E-state index contributed by atoms with van der Waals surface area (Å²) >= 11 is 2.15. The first kappa shape index (κ1) is 21.2. The minimum absolute atomic E-state index is 0.0775. The smallest absolute Gasteiger partial charge is 0.309 e. The van der Waals surface area contributed by atoms with Crippen molar-refractivity contribution in [3.8, 4) is 11.4 Å². The van der Waals surface area contributed by atoms with Crippen LogP contribution in [0.1, 0.15) is 19.4 Å². The lowest BCUT2D eigenvalue weighted by Crippen LogP contribution is -2.21. The van der Waals surface area contributed by atoms with Crippen LogP contribution < -0.4 is 5.56 Å². The number of fused-ring (bicyclic) bond motifs is 1. The normalized spacial score (nSPS) is 11.9. The van der Waals surface area contributed by atoms with Gasteiger partial charge in [-0.2, -0.15) is 0 Å². The molecule has 2 aromatic carbocycles. The predicted octanol–water partition coefficient (Wildman–Crippen LogP) is 4.97. The van der Waals surface area contributed by atoms with E-state index in [4.69, 9.17) is 9.05 Å².